The molecule has 3 heteroatoms. The zero-order valence-electron chi connectivity index (χ0n) is 10.9. The molecule has 1 fully saturated rings. The normalized spacial score (nSPS) is 21.6. The number of rotatable bonds is 3. The summed E-state index contributed by atoms with van der Waals surface area (Å²) in [5, 5.41) is 0. The summed E-state index contributed by atoms with van der Waals surface area (Å²) in [6, 6.07) is 7.65. The highest BCUT2D eigenvalue weighted by Gasteiger charge is 2.16. The molecule has 1 atom stereocenters. The number of carbonyl (C=O) groups is 1. The Labute approximate surface area is 117 Å². The Morgan fingerprint density at radius 3 is 2.72 bits per heavy atom. The molecular weight excluding hydrogens is 290 g/mol. The fraction of sp³-hybridized carbons (Fsp3) is 0.533. The van der Waals surface area contributed by atoms with E-state index in [2.05, 4.69) is 27.8 Å². The van der Waals surface area contributed by atoms with Crippen LogP contribution in [-0.2, 0) is 0 Å². The predicted molar refractivity (Wildman–Crippen MR) is 77.9 cm³/mol. The Hall–Kier alpha value is -0.670. The van der Waals surface area contributed by atoms with Crippen molar-refractivity contribution in [2.75, 3.05) is 19.6 Å². The number of hydrogen-bond acceptors (Lipinski definition) is 2. The van der Waals surface area contributed by atoms with Crippen molar-refractivity contribution < 1.29 is 4.79 Å². The summed E-state index contributed by atoms with van der Waals surface area (Å²) in [6.45, 7) is 4.99. The molecule has 0 radical (unpaired) electrons. The van der Waals surface area contributed by atoms with Crippen LogP contribution in [0.25, 0.3) is 0 Å². The van der Waals surface area contributed by atoms with Gasteiger partial charge in [-0.1, -0.05) is 35.0 Å². The molecule has 2 nitrogen and oxygen atoms in total. The van der Waals surface area contributed by atoms with E-state index in [4.69, 9.17) is 0 Å². The minimum atomic E-state index is 0.233. The van der Waals surface area contributed by atoms with E-state index in [1.165, 1.54) is 19.3 Å². The van der Waals surface area contributed by atoms with Gasteiger partial charge in [0.25, 0.3) is 0 Å². The van der Waals surface area contributed by atoms with Gasteiger partial charge in [0.1, 0.15) is 0 Å². The molecule has 1 heterocycles. The summed E-state index contributed by atoms with van der Waals surface area (Å²) in [7, 11) is 0. The minimum absolute atomic E-state index is 0.233. The number of halogens is 1. The lowest BCUT2D eigenvalue weighted by Gasteiger charge is -2.18. The van der Waals surface area contributed by atoms with Gasteiger partial charge >= 0.3 is 0 Å². The van der Waals surface area contributed by atoms with Crippen LogP contribution >= 0.6 is 15.9 Å². The Balaban J connectivity index is 1.92. The van der Waals surface area contributed by atoms with E-state index in [-0.39, 0.29) is 5.78 Å². The zero-order chi connectivity index (χ0) is 13.0. The Bertz CT molecular complexity index is 401. The molecule has 1 unspecified atom stereocenters. The van der Waals surface area contributed by atoms with E-state index in [0.29, 0.717) is 6.54 Å². The molecule has 98 valence electrons. The van der Waals surface area contributed by atoms with Crippen molar-refractivity contribution in [3.05, 3.63) is 34.3 Å². The molecule has 1 aromatic carbocycles. The quantitative estimate of drug-likeness (QED) is 0.793. The third-order valence-corrected chi connectivity index (χ3v) is 4.17. The lowest BCUT2D eigenvalue weighted by molar-refractivity contribution is 0.0932. The second kappa shape index (κ2) is 6.48. The molecule has 2 rings (SSSR count). The molecule has 0 spiro atoms. The number of Topliss-reactive ketones (excluding diaryl/α,β-unsaturated/α-hetero) is 1. The highest BCUT2D eigenvalue weighted by atomic mass is 79.9. The van der Waals surface area contributed by atoms with Crippen LogP contribution in [0.2, 0.25) is 0 Å². The Kier molecular flexibility index (Phi) is 4.95. The third kappa shape index (κ3) is 3.92. The average molecular weight is 310 g/mol. The van der Waals surface area contributed by atoms with E-state index in [1.807, 2.05) is 24.3 Å². The van der Waals surface area contributed by atoms with Crippen molar-refractivity contribution in [2.24, 2.45) is 5.92 Å². The van der Waals surface area contributed by atoms with Crippen molar-refractivity contribution in [2.45, 2.75) is 26.2 Å². The summed E-state index contributed by atoms with van der Waals surface area (Å²) in [5.41, 5.74) is 0.815. The maximum Gasteiger partial charge on any atom is 0.176 e. The molecule has 18 heavy (non-hydrogen) atoms. The fourth-order valence-electron chi connectivity index (χ4n) is 2.41. The molecule has 1 saturated heterocycles. The highest BCUT2D eigenvalue weighted by Crippen LogP contribution is 2.17. The molecule has 1 aliphatic rings. The standard InChI is InChI=1S/C15H20BrNO/c1-12-3-2-9-17(10-8-12)11-15(18)13-4-6-14(16)7-5-13/h4-7,12H,2-3,8-11H2,1H3. The molecule has 0 amide bonds. The van der Waals surface area contributed by atoms with Gasteiger partial charge in [-0.2, -0.15) is 0 Å². The van der Waals surface area contributed by atoms with Gasteiger partial charge in [0, 0.05) is 10.0 Å². The SMILES string of the molecule is CC1CCCN(CC(=O)c2ccc(Br)cc2)CC1. The topological polar surface area (TPSA) is 20.3 Å². The molecule has 0 N–H and O–H groups in total. The van der Waals surface area contributed by atoms with Gasteiger partial charge in [0.2, 0.25) is 0 Å². The third-order valence-electron chi connectivity index (χ3n) is 3.64. The van der Waals surface area contributed by atoms with E-state index in [1.54, 1.807) is 0 Å². The summed E-state index contributed by atoms with van der Waals surface area (Å²) in [4.78, 5) is 14.5. The second-order valence-corrected chi connectivity index (χ2v) is 6.16. The van der Waals surface area contributed by atoms with Crippen LogP contribution in [0.1, 0.15) is 36.5 Å². The summed E-state index contributed by atoms with van der Waals surface area (Å²) in [5.74, 6) is 1.04. The molecule has 0 bridgehead atoms. The molecule has 0 aliphatic carbocycles. The zero-order valence-corrected chi connectivity index (χ0v) is 12.4. The molecule has 1 aromatic rings. The highest BCUT2D eigenvalue weighted by molar-refractivity contribution is 9.10. The van der Waals surface area contributed by atoms with Crippen LogP contribution < -0.4 is 0 Å². The van der Waals surface area contributed by atoms with Crippen LogP contribution in [0.4, 0.5) is 0 Å². The first-order valence-corrected chi connectivity index (χ1v) is 7.45. The maximum atomic E-state index is 12.2. The molecular formula is C15H20BrNO. The lowest BCUT2D eigenvalue weighted by atomic mass is 10.0. The first kappa shape index (κ1) is 13.8. The van der Waals surface area contributed by atoms with Crippen LogP contribution in [-0.4, -0.2) is 30.3 Å². The predicted octanol–water partition coefficient (Wildman–Crippen LogP) is 3.75. The summed E-state index contributed by atoms with van der Waals surface area (Å²) < 4.78 is 1.02. The van der Waals surface area contributed by atoms with Crippen LogP contribution in [0.5, 0.6) is 0 Å². The Morgan fingerprint density at radius 2 is 2.00 bits per heavy atom. The first-order valence-electron chi connectivity index (χ1n) is 6.66. The Morgan fingerprint density at radius 1 is 1.28 bits per heavy atom. The van der Waals surface area contributed by atoms with E-state index < -0.39 is 0 Å². The van der Waals surface area contributed by atoms with E-state index >= 15 is 0 Å². The van der Waals surface area contributed by atoms with Crippen molar-refractivity contribution >= 4 is 21.7 Å². The summed E-state index contributed by atoms with van der Waals surface area (Å²) >= 11 is 3.39. The van der Waals surface area contributed by atoms with Gasteiger partial charge < -0.3 is 0 Å². The van der Waals surface area contributed by atoms with Crippen molar-refractivity contribution in [3.63, 3.8) is 0 Å². The maximum absolute atomic E-state index is 12.2. The van der Waals surface area contributed by atoms with Gasteiger partial charge in [-0.25, -0.2) is 0 Å². The van der Waals surface area contributed by atoms with E-state index in [0.717, 1.165) is 29.0 Å². The van der Waals surface area contributed by atoms with Crippen molar-refractivity contribution in [1.82, 2.24) is 4.90 Å². The monoisotopic (exact) mass is 309 g/mol. The number of benzene rings is 1. The molecule has 1 aliphatic heterocycles. The van der Waals surface area contributed by atoms with Gasteiger partial charge in [-0.15, -0.1) is 0 Å². The smallest absolute Gasteiger partial charge is 0.176 e. The van der Waals surface area contributed by atoms with Crippen LogP contribution in [0, 0.1) is 5.92 Å². The molecule has 0 aromatic heterocycles. The van der Waals surface area contributed by atoms with Gasteiger partial charge in [-0.3, -0.25) is 9.69 Å². The lowest BCUT2D eigenvalue weighted by Crippen LogP contribution is -2.30. The first-order chi connectivity index (χ1) is 8.65. The van der Waals surface area contributed by atoms with Gasteiger partial charge in [0.15, 0.2) is 5.78 Å². The number of carbonyl (C=O) groups excluding carboxylic acids is 1. The van der Waals surface area contributed by atoms with E-state index in [9.17, 15) is 4.79 Å². The largest absolute Gasteiger partial charge is 0.296 e. The fourth-order valence-corrected chi connectivity index (χ4v) is 2.68. The molecule has 0 saturated carbocycles. The van der Waals surface area contributed by atoms with Crippen molar-refractivity contribution in [3.8, 4) is 0 Å². The summed E-state index contributed by atoms with van der Waals surface area (Å²) in [6.07, 6.45) is 3.73. The van der Waals surface area contributed by atoms with Crippen LogP contribution in [0.15, 0.2) is 28.7 Å². The number of hydrogen-bond donors (Lipinski definition) is 0. The number of nitrogens with zero attached hydrogens (tertiary/aromatic N) is 1. The average Bonchev–Trinajstić information content (AvgIpc) is 2.55. The number of likely N-dealkylation sites (tertiary alicyclic amines) is 1. The second-order valence-electron chi connectivity index (χ2n) is 5.24. The van der Waals surface area contributed by atoms with Gasteiger partial charge in [0.05, 0.1) is 6.54 Å². The minimum Gasteiger partial charge on any atom is -0.296 e. The van der Waals surface area contributed by atoms with Crippen molar-refractivity contribution in [1.29, 1.82) is 0 Å². The number of ketones is 1. The van der Waals surface area contributed by atoms with Crippen LogP contribution in [0.3, 0.4) is 0 Å². The van der Waals surface area contributed by atoms with Gasteiger partial charge in [-0.05, 0) is 50.4 Å².